The van der Waals surface area contributed by atoms with Crippen LogP contribution in [0.1, 0.15) is 25.7 Å². The average molecular weight is 280 g/mol. The number of carbonyl (C=O) groups excluding carboxylic acids is 2. The van der Waals surface area contributed by atoms with Gasteiger partial charge in [0.2, 0.25) is 11.8 Å². The summed E-state index contributed by atoms with van der Waals surface area (Å²) in [4.78, 5) is 27.7. The molecule has 1 aliphatic carbocycles. The minimum Gasteiger partial charge on any atom is -0.369 e. The van der Waals surface area contributed by atoms with Gasteiger partial charge < -0.3 is 11.5 Å². The minimum absolute atomic E-state index is 0.153. The number of primary amides is 2. The highest BCUT2D eigenvalue weighted by atomic mass is 16.2. The van der Waals surface area contributed by atoms with Gasteiger partial charge in [-0.2, -0.15) is 0 Å². The van der Waals surface area contributed by atoms with Crippen molar-refractivity contribution in [2.24, 2.45) is 33.5 Å². The molecule has 2 unspecified atom stereocenters. The second-order valence-corrected chi connectivity index (χ2v) is 4.78. The van der Waals surface area contributed by atoms with Crippen LogP contribution in [-0.2, 0) is 9.59 Å². The summed E-state index contributed by atoms with van der Waals surface area (Å²) in [5.41, 5.74) is 27.3. The second kappa shape index (κ2) is 7.22. The van der Waals surface area contributed by atoms with Crippen LogP contribution in [0.4, 0.5) is 0 Å². The van der Waals surface area contributed by atoms with E-state index in [2.05, 4.69) is 20.1 Å². The van der Waals surface area contributed by atoms with Crippen molar-refractivity contribution in [2.45, 2.75) is 37.8 Å². The van der Waals surface area contributed by atoms with Crippen molar-refractivity contribution in [3.63, 3.8) is 0 Å². The van der Waals surface area contributed by atoms with Crippen LogP contribution < -0.4 is 11.5 Å². The first kappa shape index (κ1) is 15.6. The summed E-state index contributed by atoms with van der Waals surface area (Å²) in [5.74, 6) is -1.63. The summed E-state index contributed by atoms with van der Waals surface area (Å²) in [7, 11) is 0. The van der Waals surface area contributed by atoms with E-state index in [1.54, 1.807) is 0 Å². The highest BCUT2D eigenvalue weighted by molar-refractivity contribution is 5.81. The van der Waals surface area contributed by atoms with Gasteiger partial charge in [-0.05, 0) is 48.6 Å². The Hall–Kier alpha value is -2.44. The third kappa shape index (κ3) is 3.78. The smallest absolute Gasteiger partial charge is 0.226 e. The molecule has 0 heterocycles. The number of amides is 2. The molecule has 1 fully saturated rings. The van der Waals surface area contributed by atoms with Crippen molar-refractivity contribution in [2.75, 3.05) is 0 Å². The predicted octanol–water partition coefficient (Wildman–Crippen LogP) is 1.12. The van der Waals surface area contributed by atoms with E-state index in [0.717, 1.165) is 0 Å². The van der Waals surface area contributed by atoms with Gasteiger partial charge in [-0.15, -0.1) is 0 Å². The SMILES string of the molecule is [N-]=[N+]=NC(C(N)=O)C1CCC(C(N=[N+]=[N-])C(N)=O)CC1. The van der Waals surface area contributed by atoms with E-state index in [9.17, 15) is 9.59 Å². The van der Waals surface area contributed by atoms with E-state index < -0.39 is 23.9 Å². The first-order valence-corrected chi connectivity index (χ1v) is 6.18. The summed E-state index contributed by atoms with van der Waals surface area (Å²) in [6.07, 6.45) is 2.23. The van der Waals surface area contributed by atoms with Crippen molar-refractivity contribution in [1.29, 1.82) is 0 Å². The van der Waals surface area contributed by atoms with Crippen molar-refractivity contribution in [1.82, 2.24) is 0 Å². The largest absolute Gasteiger partial charge is 0.369 e. The molecule has 1 rings (SSSR count). The van der Waals surface area contributed by atoms with Crippen molar-refractivity contribution < 1.29 is 9.59 Å². The van der Waals surface area contributed by atoms with Crippen LogP contribution in [0.15, 0.2) is 10.2 Å². The third-order valence-corrected chi connectivity index (χ3v) is 3.64. The maximum atomic E-state index is 11.2. The van der Waals surface area contributed by atoms with Gasteiger partial charge in [0.05, 0.1) is 0 Å². The molecule has 2 amide bonds. The van der Waals surface area contributed by atoms with Gasteiger partial charge in [0.1, 0.15) is 12.1 Å². The molecule has 0 aromatic rings. The van der Waals surface area contributed by atoms with Gasteiger partial charge in [0, 0.05) is 9.82 Å². The number of hydrogen-bond acceptors (Lipinski definition) is 4. The topological polar surface area (TPSA) is 184 Å². The maximum absolute atomic E-state index is 11.2. The third-order valence-electron chi connectivity index (χ3n) is 3.64. The van der Waals surface area contributed by atoms with E-state index >= 15 is 0 Å². The van der Waals surface area contributed by atoms with Crippen LogP contribution >= 0.6 is 0 Å². The van der Waals surface area contributed by atoms with Gasteiger partial charge in [-0.3, -0.25) is 9.59 Å². The molecular weight excluding hydrogens is 264 g/mol. The van der Waals surface area contributed by atoms with E-state index in [1.807, 2.05) is 0 Å². The van der Waals surface area contributed by atoms with Crippen molar-refractivity contribution in [3.8, 4) is 0 Å². The van der Waals surface area contributed by atoms with Crippen LogP contribution in [0.3, 0.4) is 0 Å². The Kier molecular flexibility index (Phi) is 5.64. The lowest BCUT2D eigenvalue weighted by atomic mass is 9.76. The molecule has 108 valence electrons. The van der Waals surface area contributed by atoms with E-state index in [4.69, 9.17) is 22.5 Å². The Balaban J connectivity index is 2.71. The van der Waals surface area contributed by atoms with Gasteiger partial charge in [-0.25, -0.2) is 0 Å². The number of carbonyl (C=O) groups is 2. The average Bonchev–Trinajstić information content (AvgIpc) is 2.42. The first-order chi connectivity index (χ1) is 9.51. The standard InChI is InChI=1S/C10H16N8O2/c11-9(19)7(15-17-13)5-1-2-6(4-3-5)8(10(12)20)16-18-14/h5-8H,1-4H2,(H2,11,19)(H2,12,20). The Morgan fingerprint density at radius 1 is 0.900 bits per heavy atom. The molecule has 1 aliphatic rings. The monoisotopic (exact) mass is 280 g/mol. The molecule has 10 nitrogen and oxygen atoms in total. The molecule has 0 saturated heterocycles. The first-order valence-electron chi connectivity index (χ1n) is 6.18. The molecule has 2 atom stereocenters. The summed E-state index contributed by atoms with van der Waals surface area (Å²) < 4.78 is 0. The van der Waals surface area contributed by atoms with Crippen LogP contribution in [0.5, 0.6) is 0 Å². The van der Waals surface area contributed by atoms with E-state index in [1.165, 1.54) is 0 Å². The quantitative estimate of drug-likeness (QED) is 0.420. The van der Waals surface area contributed by atoms with Crippen LogP contribution in [-0.4, -0.2) is 23.9 Å². The molecule has 0 aromatic carbocycles. The number of nitrogens with zero attached hydrogens (tertiary/aromatic N) is 6. The molecule has 10 heteroatoms. The molecule has 0 bridgehead atoms. The zero-order valence-electron chi connectivity index (χ0n) is 10.8. The van der Waals surface area contributed by atoms with Gasteiger partial charge >= 0.3 is 0 Å². The fourth-order valence-corrected chi connectivity index (χ4v) is 2.65. The number of azide groups is 2. The molecule has 4 N–H and O–H groups in total. The van der Waals surface area contributed by atoms with E-state index in [-0.39, 0.29) is 11.8 Å². The normalized spacial score (nSPS) is 24.6. The van der Waals surface area contributed by atoms with Gasteiger partial charge in [0.15, 0.2) is 0 Å². The Bertz CT molecular complexity index is 424. The molecule has 0 aliphatic heterocycles. The minimum atomic E-state index is -0.882. The summed E-state index contributed by atoms with van der Waals surface area (Å²) in [6, 6.07) is -1.76. The molecular formula is C10H16N8O2. The van der Waals surface area contributed by atoms with E-state index in [0.29, 0.717) is 25.7 Å². The number of rotatable bonds is 6. The lowest BCUT2D eigenvalue weighted by molar-refractivity contribution is -0.122. The van der Waals surface area contributed by atoms with Crippen molar-refractivity contribution >= 4 is 11.8 Å². The highest BCUT2D eigenvalue weighted by Gasteiger charge is 2.34. The molecule has 0 aromatic heterocycles. The summed E-state index contributed by atoms with van der Waals surface area (Å²) >= 11 is 0. The molecule has 0 radical (unpaired) electrons. The fraction of sp³-hybridized carbons (Fsp3) is 0.800. The zero-order chi connectivity index (χ0) is 15.1. The molecule has 0 spiro atoms. The summed E-state index contributed by atoms with van der Waals surface area (Å²) in [6.45, 7) is 0. The Morgan fingerprint density at radius 2 is 1.20 bits per heavy atom. The van der Waals surface area contributed by atoms with Crippen LogP contribution in [0, 0.1) is 11.8 Å². The molecule has 20 heavy (non-hydrogen) atoms. The predicted molar refractivity (Wildman–Crippen MR) is 69.7 cm³/mol. The highest BCUT2D eigenvalue weighted by Crippen LogP contribution is 2.34. The van der Waals surface area contributed by atoms with Gasteiger partial charge in [0.25, 0.3) is 0 Å². The number of hydrogen-bond donors (Lipinski definition) is 2. The van der Waals surface area contributed by atoms with Crippen LogP contribution in [0.2, 0.25) is 0 Å². The number of nitrogens with two attached hydrogens (primary N) is 2. The van der Waals surface area contributed by atoms with Crippen LogP contribution in [0.25, 0.3) is 20.9 Å². The zero-order valence-corrected chi connectivity index (χ0v) is 10.8. The summed E-state index contributed by atoms with van der Waals surface area (Å²) in [5, 5.41) is 6.84. The lowest BCUT2D eigenvalue weighted by Gasteiger charge is -2.32. The fourth-order valence-electron chi connectivity index (χ4n) is 2.65. The van der Waals surface area contributed by atoms with Gasteiger partial charge in [-0.1, -0.05) is 10.2 Å². The molecule has 1 saturated carbocycles. The Labute approximate surface area is 114 Å². The maximum Gasteiger partial charge on any atom is 0.226 e. The lowest BCUT2D eigenvalue weighted by Crippen LogP contribution is -2.39. The Morgan fingerprint density at radius 3 is 1.40 bits per heavy atom. The second-order valence-electron chi connectivity index (χ2n) is 4.78. The van der Waals surface area contributed by atoms with Crippen molar-refractivity contribution in [3.05, 3.63) is 20.9 Å².